The van der Waals surface area contributed by atoms with Gasteiger partial charge in [-0.2, -0.15) is 0 Å². The Morgan fingerprint density at radius 3 is 2.12 bits per heavy atom. The molecule has 0 atom stereocenters. The topological polar surface area (TPSA) is 0 Å². The average molecular weight is 132 g/mol. The van der Waals surface area contributed by atoms with Crippen molar-refractivity contribution in [2.45, 2.75) is 26.1 Å². The summed E-state index contributed by atoms with van der Waals surface area (Å²) in [5.74, 6) is 0. The van der Waals surface area contributed by atoms with E-state index in [0.717, 1.165) is 0 Å². The molecule has 0 aliphatic heterocycles. The second-order valence-electron chi connectivity index (χ2n) is 2.49. The average Bonchev–Trinajstić information content (AvgIpc) is 1.59. The highest BCUT2D eigenvalue weighted by atomic mass is 28.4. The van der Waals surface area contributed by atoms with Gasteiger partial charge in [0.15, 0.2) is 0 Å². The third-order valence-corrected chi connectivity index (χ3v) is 2.05. The second-order valence-corrected chi connectivity index (χ2v) is 6.34. The third-order valence-electron chi connectivity index (χ3n) is 0.839. The van der Waals surface area contributed by atoms with Gasteiger partial charge in [0.05, 0.1) is 0 Å². The van der Waals surface area contributed by atoms with E-state index in [1.165, 1.54) is 0 Å². The SMILES string of the molecule is CC=CC[Si](C)(C)F. The molecule has 0 rings (SSSR count). The number of rotatable bonds is 2. The van der Waals surface area contributed by atoms with Crippen LogP contribution in [0.4, 0.5) is 4.11 Å². The number of hydrogen-bond donors (Lipinski definition) is 0. The predicted molar refractivity (Wildman–Crippen MR) is 38.2 cm³/mol. The molecule has 0 aromatic heterocycles. The van der Waals surface area contributed by atoms with E-state index in [1.807, 2.05) is 19.1 Å². The maximum Gasteiger partial charge on any atom is 0.244 e. The van der Waals surface area contributed by atoms with Gasteiger partial charge in [0.2, 0.25) is 8.41 Å². The monoisotopic (exact) mass is 132 g/mol. The minimum atomic E-state index is -2.26. The Bertz CT molecular complexity index is 81.0. The van der Waals surface area contributed by atoms with Gasteiger partial charge in [-0.1, -0.05) is 12.2 Å². The molecule has 0 saturated heterocycles. The fourth-order valence-corrected chi connectivity index (χ4v) is 1.19. The fraction of sp³-hybridized carbons (Fsp3) is 0.667. The van der Waals surface area contributed by atoms with Crippen molar-refractivity contribution in [3.05, 3.63) is 12.2 Å². The Kier molecular flexibility index (Phi) is 2.98. The first-order valence-corrected chi connectivity index (χ1v) is 5.95. The van der Waals surface area contributed by atoms with E-state index in [-0.39, 0.29) is 0 Å². The van der Waals surface area contributed by atoms with E-state index in [0.29, 0.717) is 6.04 Å². The summed E-state index contributed by atoms with van der Waals surface area (Å²) in [6.07, 6.45) is 3.79. The number of hydrogen-bond acceptors (Lipinski definition) is 0. The summed E-state index contributed by atoms with van der Waals surface area (Å²) in [7, 11) is -2.26. The normalized spacial score (nSPS) is 13.0. The molecular weight excluding hydrogens is 119 g/mol. The molecule has 0 nitrogen and oxygen atoms in total. The number of halogens is 1. The number of allylic oxidation sites excluding steroid dienone is 2. The van der Waals surface area contributed by atoms with Crippen LogP contribution in [0.2, 0.25) is 19.1 Å². The molecule has 2 heteroatoms. The van der Waals surface area contributed by atoms with Crippen molar-refractivity contribution in [3.63, 3.8) is 0 Å². The lowest BCUT2D eigenvalue weighted by Gasteiger charge is -2.04. The molecule has 0 radical (unpaired) electrons. The predicted octanol–water partition coefficient (Wildman–Crippen LogP) is 2.74. The first-order valence-electron chi connectivity index (χ1n) is 2.86. The van der Waals surface area contributed by atoms with Crippen molar-refractivity contribution in [2.75, 3.05) is 0 Å². The molecule has 0 aromatic rings. The highest BCUT2D eigenvalue weighted by molar-refractivity contribution is 6.70. The summed E-state index contributed by atoms with van der Waals surface area (Å²) >= 11 is 0. The molecular formula is C6H13FSi. The van der Waals surface area contributed by atoms with Gasteiger partial charge in [0.1, 0.15) is 0 Å². The Labute approximate surface area is 51.6 Å². The largest absolute Gasteiger partial charge is 0.314 e. The lowest BCUT2D eigenvalue weighted by molar-refractivity contribution is 0.799. The Morgan fingerprint density at radius 1 is 1.50 bits per heavy atom. The van der Waals surface area contributed by atoms with Crippen LogP contribution in [0, 0.1) is 0 Å². The van der Waals surface area contributed by atoms with Crippen molar-refractivity contribution in [1.82, 2.24) is 0 Å². The van der Waals surface area contributed by atoms with Crippen molar-refractivity contribution >= 4 is 8.41 Å². The van der Waals surface area contributed by atoms with Crippen LogP contribution in [0.15, 0.2) is 12.2 Å². The maximum atomic E-state index is 12.7. The van der Waals surface area contributed by atoms with Crippen molar-refractivity contribution in [2.24, 2.45) is 0 Å². The quantitative estimate of drug-likeness (QED) is 0.308. The minimum absolute atomic E-state index is 0.656. The van der Waals surface area contributed by atoms with Crippen LogP contribution in [0.5, 0.6) is 0 Å². The molecule has 0 fully saturated rings. The highest BCUT2D eigenvalue weighted by Crippen LogP contribution is 2.09. The standard InChI is InChI=1S/C6H13FSi/c1-4-5-6-8(2,3)7/h4-5H,6H2,1-3H3. The maximum absolute atomic E-state index is 12.7. The summed E-state index contributed by atoms with van der Waals surface area (Å²) < 4.78 is 12.7. The van der Waals surface area contributed by atoms with Crippen LogP contribution in [-0.2, 0) is 0 Å². The van der Waals surface area contributed by atoms with Gasteiger partial charge in [-0.15, -0.1) is 0 Å². The summed E-state index contributed by atoms with van der Waals surface area (Å²) in [4.78, 5) is 0. The van der Waals surface area contributed by atoms with E-state index in [1.54, 1.807) is 13.1 Å². The van der Waals surface area contributed by atoms with Gasteiger partial charge in [-0.05, 0) is 26.1 Å². The van der Waals surface area contributed by atoms with E-state index in [4.69, 9.17) is 0 Å². The first-order chi connectivity index (χ1) is 3.56. The summed E-state index contributed by atoms with van der Waals surface area (Å²) in [6, 6.07) is 0.656. The van der Waals surface area contributed by atoms with Crippen molar-refractivity contribution < 1.29 is 4.11 Å². The van der Waals surface area contributed by atoms with Gasteiger partial charge in [-0.25, -0.2) is 0 Å². The summed E-state index contributed by atoms with van der Waals surface area (Å²) in [6.45, 7) is 5.35. The van der Waals surface area contributed by atoms with Crippen LogP contribution in [-0.4, -0.2) is 8.41 Å². The lowest BCUT2D eigenvalue weighted by atomic mass is 10.6. The van der Waals surface area contributed by atoms with Crippen LogP contribution in [0.3, 0.4) is 0 Å². The fourth-order valence-electron chi connectivity index (χ4n) is 0.398. The molecule has 0 N–H and O–H groups in total. The van der Waals surface area contributed by atoms with E-state index >= 15 is 0 Å². The van der Waals surface area contributed by atoms with E-state index in [2.05, 4.69) is 0 Å². The van der Waals surface area contributed by atoms with Gasteiger partial charge in [0.25, 0.3) is 0 Å². The minimum Gasteiger partial charge on any atom is -0.314 e. The van der Waals surface area contributed by atoms with E-state index < -0.39 is 8.41 Å². The second kappa shape index (κ2) is 3.02. The third kappa shape index (κ3) is 5.89. The molecule has 0 saturated carbocycles. The molecule has 8 heavy (non-hydrogen) atoms. The molecule has 0 aromatic carbocycles. The van der Waals surface area contributed by atoms with E-state index in [9.17, 15) is 4.11 Å². The van der Waals surface area contributed by atoms with Crippen LogP contribution < -0.4 is 0 Å². The Hall–Kier alpha value is -0.113. The van der Waals surface area contributed by atoms with Crippen molar-refractivity contribution in [1.29, 1.82) is 0 Å². The zero-order valence-electron chi connectivity index (χ0n) is 5.74. The lowest BCUT2D eigenvalue weighted by Crippen LogP contribution is -2.15. The molecule has 0 heterocycles. The van der Waals surface area contributed by atoms with Gasteiger partial charge in [-0.3, -0.25) is 0 Å². The first kappa shape index (κ1) is 7.89. The molecule has 0 aliphatic carbocycles. The molecule has 0 bridgehead atoms. The van der Waals surface area contributed by atoms with Crippen LogP contribution >= 0.6 is 0 Å². The van der Waals surface area contributed by atoms with Crippen LogP contribution in [0.1, 0.15) is 6.92 Å². The van der Waals surface area contributed by atoms with Gasteiger partial charge < -0.3 is 4.11 Å². The zero-order valence-corrected chi connectivity index (χ0v) is 6.74. The Balaban J connectivity index is 3.39. The smallest absolute Gasteiger partial charge is 0.244 e. The zero-order chi connectivity index (χ0) is 6.62. The highest BCUT2D eigenvalue weighted by Gasteiger charge is 2.16. The van der Waals surface area contributed by atoms with Gasteiger partial charge in [0, 0.05) is 0 Å². The van der Waals surface area contributed by atoms with Crippen molar-refractivity contribution in [3.8, 4) is 0 Å². The molecule has 0 amide bonds. The molecule has 0 spiro atoms. The molecule has 0 unspecified atom stereocenters. The van der Waals surface area contributed by atoms with Crippen LogP contribution in [0.25, 0.3) is 0 Å². The molecule has 0 aliphatic rings. The molecule has 48 valence electrons. The van der Waals surface area contributed by atoms with Gasteiger partial charge >= 0.3 is 0 Å². The summed E-state index contributed by atoms with van der Waals surface area (Å²) in [5, 5.41) is 0. The summed E-state index contributed by atoms with van der Waals surface area (Å²) in [5.41, 5.74) is 0. The Morgan fingerprint density at radius 2 is 2.00 bits per heavy atom.